The van der Waals surface area contributed by atoms with Gasteiger partial charge in [-0.2, -0.15) is 4.98 Å². The van der Waals surface area contributed by atoms with Crippen LogP contribution in [0.1, 0.15) is 10.4 Å². The normalized spacial score (nSPS) is 10.0. The fraction of sp³-hybridized carbons (Fsp3) is 0.0833. The van der Waals surface area contributed by atoms with Gasteiger partial charge in [0.15, 0.2) is 0 Å². The van der Waals surface area contributed by atoms with E-state index >= 15 is 0 Å². The maximum absolute atomic E-state index is 11.4. The van der Waals surface area contributed by atoms with Crippen LogP contribution in [0.15, 0.2) is 30.3 Å². The molecule has 1 aromatic heterocycles. The lowest BCUT2D eigenvalue weighted by atomic mass is 10.2. The lowest BCUT2D eigenvalue weighted by Crippen LogP contribution is -2.01. The third-order valence-electron chi connectivity index (χ3n) is 2.17. The van der Waals surface area contributed by atoms with Crippen LogP contribution in [0.2, 0.25) is 5.15 Å². The predicted molar refractivity (Wildman–Crippen MR) is 69.3 cm³/mol. The molecule has 0 aliphatic carbocycles. The Hall–Kier alpha value is -2.34. The fourth-order valence-corrected chi connectivity index (χ4v) is 1.57. The summed E-state index contributed by atoms with van der Waals surface area (Å²) in [5.41, 5.74) is 5.82. The summed E-state index contributed by atoms with van der Waals surface area (Å²) in [7, 11) is 1.31. The number of ether oxygens (including phenoxy) is 2. The number of nitrogens with zero attached hydrogens (tertiary/aromatic N) is 2. The van der Waals surface area contributed by atoms with Crippen molar-refractivity contribution in [1.82, 2.24) is 9.97 Å². The minimum absolute atomic E-state index is 0.00613. The van der Waals surface area contributed by atoms with Crippen LogP contribution in [0.25, 0.3) is 0 Å². The molecule has 0 bridgehead atoms. The number of methoxy groups -OCH3 is 1. The van der Waals surface area contributed by atoms with Crippen LogP contribution in [0.3, 0.4) is 0 Å². The molecule has 2 N–H and O–H groups in total. The number of carbonyl (C=O) groups is 1. The van der Waals surface area contributed by atoms with E-state index in [9.17, 15) is 4.79 Å². The summed E-state index contributed by atoms with van der Waals surface area (Å²) < 4.78 is 10.1. The maximum atomic E-state index is 11.4. The molecule has 0 amide bonds. The van der Waals surface area contributed by atoms with Gasteiger partial charge in [0.25, 0.3) is 0 Å². The van der Waals surface area contributed by atoms with Crippen LogP contribution in [0.5, 0.6) is 11.6 Å². The summed E-state index contributed by atoms with van der Waals surface area (Å²) in [6, 6.07) is 7.88. The smallest absolute Gasteiger partial charge is 0.337 e. The molecule has 0 aliphatic rings. The van der Waals surface area contributed by atoms with E-state index in [2.05, 4.69) is 14.7 Å². The predicted octanol–water partition coefficient (Wildman–Crippen LogP) is 2.29. The molecule has 0 atom stereocenters. The fourth-order valence-electron chi connectivity index (χ4n) is 1.39. The largest absolute Gasteiger partial charge is 0.465 e. The number of aromatic nitrogens is 2. The van der Waals surface area contributed by atoms with E-state index in [4.69, 9.17) is 22.1 Å². The highest BCUT2D eigenvalue weighted by Gasteiger charge is 2.08. The number of anilines is 1. The average Bonchev–Trinajstić information content (AvgIpc) is 2.37. The second-order valence-electron chi connectivity index (χ2n) is 3.51. The van der Waals surface area contributed by atoms with Gasteiger partial charge < -0.3 is 15.2 Å². The highest BCUT2D eigenvalue weighted by Crippen LogP contribution is 2.23. The van der Waals surface area contributed by atoms with Gasteiger partial charge in [-0.25, -0.2) is 9.78 Å². The van der Waals surface area contributed by atoms with Crippen molar-refractivity contribution in [3.8, 4) is 11.6 Å². The first kappa shape index (κ1) is 13.1. The van der Waals surface area contributed by atoms with Gasteiger partial charge in [-0.05, 0) is 18.2 Å². The summed E-state index contributed by atoms with van der Waals surface area (Å²) in [6.07, 6.45) is 0. The second-order valence-corrected chi connectivity index (χ2v) is 3.90. The first-order chi connectivity index (χ1) is 9.08. The Morgan fingerprint density at radius 1 is 1.32 bits per heavy atom. The number of esters is 1. The molecular formula is C12H10ClN3O3. The topological polar surface area (TPSA) is 87.3 Å². The summed E-state index contributed by atoms with van der Waals surface area (Å²) in [4.78, 5) is 19.0. The number of nitrogen functional groups attached to an aromatic ring is 1. The maximum Gasteiger partial charge on any atom is 0.337 e. The Bertz CT molecular complexity index is 599. The molecule has 2 aromatic rings. The van der Waals surface area contributed by atoms with Crippen molar-refractivity contribution >= 4 is 23.5 Å². The van der Waals surface area contributed by atoms with E-state index in [0.717, 1.165) is 0 Å². The Kier molecular flexibility index (Phi) is 3.82. The Labute approximate surface area is 114 Å². The SMILES string of the molecule is COC(=O)c1cccc(Oc2cc(Cl)nc(N)n2)c1. The van der Waals surface area contributed by atoms with Crippen molar-refractivity contribution in [2.75, 3.05) is 12.8 Å². The first-order valence-corrected chi connectivity index (χ1v) is 5.62. The van der Waals surface area contributed by atoms with Gasteiger partial charge in [0.05, 0.1) is 12.7 Å². The minimum atomic E-state index is -0.453. The van der Waals surface area contributed by atoms with Crippen LogP contribution < -0.4 is 10.5 Å². The average molecular weight is 280 g/mol. The molecule has 1 aromatic carbocycles. The van der Waals surface area contributed by atoms with E-state index in [0.29, 0.717) is 11.3 Å². The molecule has 0 spiro atoms. The van der Waals surface area contributed by atoms with Gasteiger partial charge in [0.2, 0.25) is 11.8 Å². The zero-order valence-corrected chi connectivity index (χ0v) is 10.7. The number of nitrogens with two attached hydrogens (primary N) is 1. The molecular weight excluding hydrogens is 270 g/mol. The van der Waals surface area contributed by atoms with Crippen LogP contribution in [-0.4, -0.2) is 23.0 Å². The van der Waals surface area contributed by atoms with Crippen LogP contribution in [0.4, 0.5) is 5.95 Å². The number of halogens is 1. The van der Waals surface area contributed by atoms with Crippen molar-refractivity contribution in [3.05, 3.63) is 41.0 Å². The van der Waals surface area contributed by atoms with Crippen molar-refractivity contribution < 1.29 is 14.3 Å². The number of hydrogen-bond donors (Lipinski definition) is 1. The zero-order chi connectivity index (χ0) is 13.8. The quantitative estimate of drug-likeness (QED) is 0.685. The van der Waals surface area contributed by atoms with Crippen molar-refractivity contribution in [2.45, 2.75) is 0 Å². The zero-order valence-electron chi connectivity index (χ0n) is 9.96. The number of hydrogen-bond acceptors (Lipinski definition) is 6. The highest BCUT2D eigenvalue weighted by atomic mass is 35.5. The Balaban J connectivity index is 2.25. The summed E-state index contributed by atoms with van der Waals surface area (Å²) >= 11 is 5.74. The molecule has 0 radical (unpaired) electrons. The monoisotopic (exact) mass is 279 g/mol. The summed E-state index contributed by atoms with van der Waals surface area (Å²) in [5, 5.41) is 0.173. The lowest BCUT2D eigenvalue weighted by molar-refractivity contribution is 0.0600. The first-order valence-electron chi connectivity index (χ1n) is 5.25. The molecule has 0 unspecified atom stereocenters. The third-order valence-corrected chi connectivity index (χ3v) is 2.36. The van der Waals surface area contributed by atoms with Crippen molar-refractivity contribution in [3.63, 3.8) is 0 Å². The van der Waals surface area contributed by atoms with Crippen molar-refractivity contribution in [1.29, 1.82) is 0 Å². The Morgan fingerprint density at radius 3 is 2.79 bits per heavy atom. The van der Waals surface area contributed by atoms with Gasteiger partial charge in [-0.15, -0.1) is 0 Å². The molecule has 7 heteroatoms. The minimum Gasteiger partial charge on any atom is -0.465 e. The number of rotatable bonds is 3. The van der Waals surface area contributed by atoms with E-state index in [1.165, 1.54) is 19.2 Å². The molecule has 0 fully saturated rings. The van der Waals surface area contributed by atoms with E-state index in [1.807, 2.05) is 0 Å². The highest BCUT2D eigenvalue weighted by molar-refractivity contribution is 6.29. The third kappa shape index (κ3) is 3.32. The molecule has 0 saturated heterocycles. The van der Waals surface area contributed by atoms with E-state index < -0.39 is 5.97 Å². The Morgan fingerprint density at radius 2 is 2.11 bits per heavy atom. The number of carbonyl (C=O) groups excluding carboxylic acids is 1. The van der Waals surface area contributed by atoms with E-state index in [-0.39, 0.29) is 17.0 Å². The second kappa shape index (κ2) is 5.53. The molecule has 98 valence electrons. The van der Waals surface area contributed by atoms with Crippen molar-refractivity contribution in [2.24, 2.45) is 0 Å². The molecule has 0 aliphatic heterocycles. The number of benzene rings is 1. The van der Waals surface area contributed by atoms with Gasteiger partial charge in [0.1, 0.15) is 10.9 Å². The molecule has 19 heavy (non-hydrogen) atoms. The molecule has 1 heterocycles. The van der Waals surface area contributed by atoms with Crippen LogP contribution in [0, 0.1) is 0 Å². The summed E-state index contributed by atoms with van der Waals surface area (Å²) in [6.45, 7) is 0. The standard InChI is InChI=1S/C12H10ClN3O3/c1-18-11(17)7-3-2-4-8(5-7)19-10-6-9(13)15-12(14)16-10/h2-6H,1H3,(H2,14,15,16). The molecule has 0 saturated carbocycles. The van der Waals surface area contributed by atoms with Crippen LogP contribution >= 0.6 is 11.6 Å². The van der Waals surface area contributed by atoms with Crippen LogP contribution in [-0.2, 0) is 4.74 Å². The van der Waals surface area contributed by atoms with E-state index in [1.54, 1.807) is 18.2 Å². The summed E-state index contributed by atoms with van der Waals surface area (Å²) in [5.74, 6) is 0.161. The van der Waals surface area contributed by atoms with Gasteiger partial charge in [0, 0.05) is 6.07 Å². The van der Waals surface area contributed by atoms with Gasteiger partial charge >= 0.3 is 5.97 Å². The lowest BCUT2D eigenvalue weighted by Gasteiger charge is -2.06. The van der Waals surface area contributed by atoms with Gasteiger partial charge in [-0.1, -0.05) is 17.7 Å². The van der Waals surface area contributed by atoms with Gasteiger partial charge in [-0.3, -0.25) is 0 Å². The molecule has 2 rings (SSSR count). The molecule has 6 nitrogen and oxygen atoms in total.